The zero-order valence-corrected chi connectivity index (χ0v) is 12.5. The van der Waals surface area contributed by atoms with Crippen LogP contribution in [0.2, 0.25) is 0 Å². The van der Waals surface area contributed by atoms with E-state index in [0.717, 1.165) is 22.2 Å². The molecule has 110 valence electrons. The van der Waals surface area contributed by atoms with E-state index in [0.29, 0.717) is 11.3 Å². The normalized spacial score (nSPS) is 10.5. The van der Waals surface area contributed by atoms with Crippen LogP contribution in [-0.4, -0.2) is 18.0 Å². The summed E-state index contributed by atoms with van der Waals surface area (Å²) in [7, 11) is 1.54. The Morgan fingerprint density at radius 1 is 1.09 bits per heavy atom. The molecule has 0 atom stereocenters. The van der Waals surface area contributed by atoms with E-state index in [1.54, 1.807) is 6.20 Å². The average molecular weight is 292 g/mol. The molecule has 0 aliphatic carbocycles. The number of aromatic nitrogens is 1. The van der Waals surface area contributed by atoms with Gasteiger partial charge in [-0.15, -0.1) is 0 Å². The minimum atomic E-state index is -0.209. The number of para-hydroxylation sites is 1. The maximum atomic E-state index is 12.7. The number of ether oxygens (including phenoxy) is 1. The minimum absolute atomic E-state index is 0.209. The number of aryl methyl sites for hydroxylation is 1. The van der Waals surface area contributed by atoms with E-state index in [2.05, 4.69) is 10.3 Å². The van der Waals surface area contributed by atoms with Gasteiger partial charge in [-0.3, -0.25) is 9.78 Å². The molecule has 0 saturated carbocycles. The summed E-state index contributed by atoms with van der Waals surface area (Å²) in [4.78, 5) is 17.0. The van der Waals surface area contributed by atoms with Crippen LogP contribution in [0.5, 0.6) is 5.75 Å². The largest absolute Gasteiger partial charge is 0.494 e. The first-order valence-electron chi connectivity index (χ1n) is 6.99. The van der Waals surface area contributed by atoms with Crippen LogP contribution in [-0.2, 0) is 0 Å². The molecule has 0 aliphatic rings. The summed E-state index contributed by atoms with van der Waals surface area (Å²) in [6.07, 6.45) is 1.58. The number of nitrogens with zero attached hydrogens (tertiary/aromatic N) is 1. The number of pyridine rings is 1. The van der Waals surface area contributed by atoms with E-state index in [1.807, 2.05) is 55.5 Å². The molecule has 0 spiro atoms. The molecule has 1 amide bonds. The summed E-state index contributed by atoms with van der Waals surface area (Å²) < 4.78 is 5.31. The standard InChI is InChI=1S/C18H16N2O2/c1-12-7-9-13(10-8-12)20-18(21)17-14-5-3-4-6-15(14)19-11-16(17)22-2/h3-11H,1-2H3,(H,20,21). The number of amides is 1. The van der Waals surface area contributed by atoms with E-state index in [4.69, 9.17) is 4.74 Å². The Balaban J connectivity index is 2.04. The fraction of sp³-hybridized carbons (Fsp3) is 0.111. The van der Waals surface area contributed by atoms with Crippen LogP contribution < -0.4 is 10.1 Å². The number of anilines is 1. The average Bonchev–Trinajstić information content (AvgIpc) is 2.55. The zero-order chi connectivity index (χ0) is 15.5. The van der Waals surface area contributed by atoms with E-state index in [-0.39, 0.29) is 5.91 Å². The molecule has 22 heavy (non-hydrogen) atoms. The second-order valence-electron chi connectivity index (χ2n) is 5.04. The molecule has 1 aromatic heterocycles. The lowest BCUT2D eigenvalue weighted by molar-refractivity contribution is 0.102. The molecule has 0 bridgehead atoms. The first-order valence-corrected chi connectivity index (χ1v) is 6.99. The van der Waals surface area contributed by atoms with Crippen LogP contribution in [0.4, 0.5) is 5.69 Å². The molecule has 0 aliphatic heterocycles. The predicted octanol–water partition coefficient (Wildman–Crippen LogP) is 3.80. The molecular formula is C18H16N2O2. The first kappa shape index (κ1) is 14.1. The monoisotopic (exact) mass is 292 g/mol. The Bertz CT molecular complexity index is 826. The third-order valence-corrected chi connectivity index (χ3v) is 3.50. The summed E-state index contributed by atoms with van der Waals surface area (Å²) in [5, 5.41) is 3.68. The third-order valence-electron chi connectivity index (χ3n) is 3.50. The highest BCUT2D eigenvalue weighted by molar-refractivity contribution is 6.14. The van der Waals surface area contributed by atoms with Gasteiger partial charge in [-0.25, -0.2) is 0 Å². The van der Waals surface area contributed by atoms with Gasteiger partial charge in [-0.05, 0) is 25.1 Å². The molecule has 0 fully saturated rings. The van der Waals surface area contributed by atoms with Crippen molar-refractivity contribution in [2.75, 3.05) is 12.4 Å². The van der Waals surface area contributed by atoms with Gasteiger partial charge in [0.1, 0.15) is 0 Å². The van der Waals surface area contributed by atoms with Crippen LogP contribution in [0.1, 0.15) is 15.9 Å². The molecule has 1 N–H and O–H groups in total. The van der Waals surface area contributed by atoms with Crippen molar-refractivity contribution >= 4 is 22.5 Å². The molecular weight excluding hydrogens is 276 g/mol. The Morgan fingerprint density at radius 2 is 1.82 bits per heavy atom. The van der Waals surface area contributed by atoms with Crippen molar-refractivity contribution in [1.29, 1.82) is 0 Å². The van der Waals surface area contributed by atoms with Gasteiger partial charge in [0.25, 0.3) is 5.91 Å². The van der Waals surface area contributed by atoms with Crippen molar-refractivity contribution in [1.82, 2.24) is 4.98 Å². The van der Waals surface area contributed by atoms with Gasteiger partial charge in [-0.2, -0.15) is 0 Å². The van der Waals surface area contributed by atoms with Crippen LogP contribution in [0.3, 0.4) is 0 Å². The number of benzene rings is 2. The molecule has 0 saturated heterocycles. The number of fused-ring (bicyclic) bond motifs is 1. The van der Waals surface area contributed by atoms with Crippen LogP contribution in [0, 0.1) is 6.92 Å². The van der Waals surface area contributed by atoms with Gasteiger partial charge >= 0.3 is 0 Å². The number of hydrogen-bond acceptors (Lipinski definition) is 3. The number of carbonyl (C=O) groups is 1. The third kappa shape index (κ3) is 2.63. The van der Waals surface area contributed by atoms with Gasteiger partial charge in [-0.1, -0.05) is 35.9 Å². The van der Waals surface area contributed by atoms with E-state index < -0.39 is 0 Å². The van der Waals surface area contributed by atoms with Crippen LogP contribution >= 0.6 is 0 Å². The van der Waals surface area contributed by atoms with Crippen molar-refractivity contribution in [3.63, 3.8) is 0 Å². The fourth-order valence-corrected chi connectivity index (χ4v) is 2.34. The highest BCUT2D eigenvalue weighted by atomic mass is 16.5. The number of hydrogen-bond donors (Lipinski definition) is 1. The molecule has 3 aromatic rings. The lowest BCUT2D eigenvalue weighted by atomic mass is 10.1. The predicted molar refractivity (Wildman–Crippen MR) is 87.4 cm³/mol. The molecule has 4 heteroatoms. The van der Waals surface area contributed by atoms with Gasteiger partial charge in [0.2, 0.25) is 0 Å². The van der Waals surface area contributed by atoms with Gasteiger partial charge < -0.3 is 10.1 Å². The molecule has 3 rings (SSSR count). The van der Waals surface area contributed by atoms with Crippen molar-refractivity contribution < 1.29 is 9.53 Å². The maximum Gasteiger partial charge on any atom is 0.260 e. The van der Waals surface area contributed by atoms with E-state index in [9.17, 15) is 4.79 Å². The smallest absolute Gasteiger partial charge is 0.260 e. The van der Waals surface area contributed by atoms with Crippen LogP contribution in [0.25, 0.3) is 10.9 Å². The molecule has 0 radical (unpaired) electrons. The Kier molecular flexibility index (Phi) is 3.74. The summed E-state index contributed by atoms with van der Waals surface area (Å²) in [6, 6.07) is 15.2. The second kappa shape index (κ2) is 5.85. The zero-order valence-electron chi connectivity index (χ0n) is 12.5. The summed E-state index contributed by atoms with van der Waals surface area (Å²) >= 11 is 0. The second-order valence-corrected chi connectivity index (χ2v) is 5.04. The fourth-order valence-electron chi connectivity index (χ4n) is 2.34. The molecule has 2 aromatic carbocycles. The summed E-state index contributed by atoms with van der Waals surface area (Å²) in [5.74, 6) is 0.252. The van der Waals surface area contributed by atoms with Gasteiger partial charge in [0.05, 0.1) is 24.4 Å². The number of rotatable bonds is 3. The minimum Gasteiger partial charge on any atom is -0.494 e. The number of methoxy groups -OCH3 is 1. The number of carbonyl (C=O) groups excluding carboxylic acids is 1. The Hall–Kier alpha value is -2.88. The highest BCUT2D eigenvalue weighted by Gasteiger charge is 2.17. The van der Waals surface area contributed by atoms with E-state index in [1.165, 1.54) is 7.11 Å². The number of nitrogens with one attached hydrogen (secondary N) is 1. The van der Waals surface area contributed by atoms with Crippen molar-refractivity contribution in [3.8, 4) is 5.75 Å². The topological polar surface area (TPSA) is 51.2 Å². The van der Waals surface area contributed by atoms with Gasteiger partial charge in [0.15, 0.2) is 5.75 Å². The highest BCUT2D eigenvalue weighted by Crippen LogP contribution is 2.27. The first-order chi connectivity index (χ1) is 10.7. The van der Waals surface area contributed by atoms with Crippen molar-refractivity contribution in [3.05, 3.63) is 65.9 Å². The van der Waals surface area contributed by atoms with Crippen molar-refractivity contribution in [2.24, 2.45) is 0 Å². The van der Waals surface area contributed by atoms with Crippen molar-refractivity contribution in [2.45, 2.75) is 6.92 Å². The molecule has 4 nitrogen and oxygen atoms in total. The van der Waals surface area contributed by atoms with Gasteiger partial charge in [0, 0.05) is 11.1 Å². The molecule has 1 heterocycles. The lowest BCUT2D eigenvalue weighted by Crippen LogP contribution is -2.14. The van der Waals surface area contributed by atoms with Crippen LogP contribution in [0.15, 0.2) is 54.7 Å². The Morgan fingerprint density at radius 3 is 2.55 bits per heavy atom. The molecule has 0 unspecified atom stereocenters. The SMILES string of the molecule is COc1cnc2ccccc2c1C(=O)Nc1ccc(C)cc1. The van der Waals surface area contributed by atoms with E-state index >= 15 is 0 Å². The quantitative estimate of drug-likeness (QED) is 0.798. The Labute approximate surface area is 128 Å². The maximum absolute atomic E-state index is 12.7. The summed E-state index contributed by atoms with van der Waals surface area (Å²) in [5.41, 5.74) is 3.15. The summed E-state index contributed by atoms with van der Waals surface area (Å²) in [6.45, 7) is 2.00. The lowest BCUT2D eigenvalue weighted by Gasteiger charge is -2.12.